The zero-order valence-corrected chi connectivity index (χ0v) is 7.52. The minimum absolute atomic E-state index is 0.729. The first-order valence-corrected chi connectivity index (χ1v) is 4.34. The highest BCUT2D eigenvalue weighted by Gasteiger charge is 2.41. The first-order valence-electron chi connectivity index (χ1n) is 4.34. The number of rotatable bonds is 3. The van der Waals surface area contributed by atoms with E-state index in [4.69, 9.17) is 0 Å². The van der Waals surface area contributed by atoms with E-state index < -0.39 is 0 Å². The third-order valence-electron chi connectivity index (χ3n) is 2.85. The van der Waals surface area contributed by atoms with Crippen molar-refractivity contribution in [3.8, 4) is 0 Å². The number of hydrogen-bond acceptors (Lipinski definition) is 1. The van der Waals surface area contributed by atoms with Crippen molar-refractivity contribution < 1.29 is 0 Å². The predicted molar refractivity (Wildman–Crippen MR) is 45.0 cm³/mol. The number of hydrogen-bond donors (Lipinski definition) is 1. The molecule has 0 amide bonds. The van der Waals surface area contributed by atoms with Crippen LogP contribution in [0.25, 0.3) is 0 Å². The molecule has 1 N–H and O–H groups in total. The van der Waals surface area contributed by atoms with Crippen molar-refractivity contribution in [2.45, 2.75) is 33.2 Å². The summed E-state index contributed by atoms with van der Waals surface area (Å²) in [5.41, 5.74) is 0. The highest BCUT2D eigenvalue weighted by atomic mass is 14.9. The largest absolute Gasteiger partial charge is 0.317 e. The molecule has 1 aliphatic carbocycles. The molecule has 0 heterocycles. The van der Waals surface area contributed by atoms with Gasteiger partial charge in [-0.25, -0.2) is 0 Å². The second kappa shape index (κ2) is 2.91. The van der Waals surface area contributed by atoms with Crippen molar-refractivity contribution in [1.29, 1.82) is 0 Å². The third kappa shape index (κ3) is 1.51. The fraction of sp³-hybridized carbons (Fsp3) is 1.00. The lowest BCUT2D eigenvalue weighted by Gasteiger charge is -2.10. The molecular weight excluding hydrogens is 122 g/mol. The van der Waals surface area contributed by atoms with Crippen LogP contribution in [0.1, 0.15) is 27.2 Å². The Morgan fingerprint density at radius 3 is 2.10 bits per heavy atom. The summed E-state index contributed by atoms with van der Waals surface area (Å²) in [6, 6.07) is 0.729. The van der Waals surface area contributed by atoms with Gasteiger partial charge in [-0.05, 0) is 38.1 Å². The molecule has 0 aromatic rings. The molecule has 0 bridgehead atoms. The van der Waals surface area contributed by atoms with Gasteiger partial charge in [0.1, 0.15) is 0 Å². The highest BCUT2D eigenvalue weighted by Crippen LogP contribution is 2.45. The van der Waals surface area contributed by atoms with Gasteiger partial charge in [-0.1, -0.05) is 13.8 Å². The van der Waals surface area contributed by atoms with E-state index in [0.717, 1.165) is 23.8 Å². The molecule has 10 heavy (non-hydrogen) atoms. The molecule has 0 aromatic heterocycles. The molecule has 0 aromatic carbocycles. The van der Waals surface area contributed by atoms with Crippen LogP contribution in [0.4, 0.5) is 0 Å². The summed E-state index contributed by atoms with van der Waals surface area (Å²) in [6.45, 7) is 6.94. The van der Waals surface area contributed by atoms with Crippen LogP contribution in [0.15, 0.2) is 0 Å². The van der Waals surface area contributed by atoms with Gasteiger partial charge >= 0.3 is 0 Å². The second-order valence-electron chi connectivity index (χ2n) is 3.88. The van der Waals surface area contributed by atoms with Crippen molar-refractivity contribution in [3.63, 3.8) is 0 Å². The lowest BCUT2D eigenvalue weighted by atomic mass is 10.0. The quantitative estimate of drug-likeness (QED) is 0.633. The molecule has 1 saturated carbocycles. The van der Waals surface area contributed by atoms with E-state index in [0.29, 0.717) is 0 Å². The molecule has 0 saturated heterocycles. The predicted octanol–water partition coefficient (Wildman–Crippen LogP) is 1.89. The molecule has 1 aliphatic rings. The van der Waals surface area contributed by atoms with Gasteiger partial charge in [-0.15, -0.1) is 0 Å². The Labute approximate surface area is 64.2 Å². The molecule has 1 heteroatoms. The summed E-state index contributed by atoms with van der Waals surface area (Å²) >= 11 is 0. The minimum Gasteiger partial charge on any atom is -0.317 e. The molecule has 60 valence electrons. The van der Waals surface area contributed by atoms with Crippen molar-refractivity contribution in [2.24, 2.45) is 17.8 Å². The maximum atomic E-state index is 3.31. The zero-order chi connectivity index (χ0) is 7.72. The van der Waals surface area contributed by atoms with Gasteiger partial charge in [0, 0.05) is 6.04 Å². The Morgan fingerprint density at radius 1 is 1.20 bits per heavy atom. The van der Waals surface area contributed by atoms with Crippen LogP contribution in [-0.2, 0) is 0 Å². The molecule has 1 nitrogen and oxygen atoms in total. The molecule has 1 rings (SSSR count). The van der Waals surface area contributed by atoms with Gasteiger partial charge in [0.05, 0.1) is 0 Å². The Balaban J connectivity index is 2.24. The second-order valence-corrected chi connectivity index (χ2v) is 3.88. The molecule has 0 spiro atoms. The van der Waals surface area contributed by atoms with Crippen LogP contribution in [0, 0.1) is 17.8 Å². The van der Waals surface area contributed by atoms with Gasteiger partial charge in [0.2, 0.25) is 0 Å². The van der Waals surface area contributed by atoms with Gasteiger partial charge in [0.25, 0.3) is 0 Å². The maximum Gasteiger partial charge on any atom is 0.00668 e. The average molecular weight is 141 g/mol. The first-order chi connectivity index (χ1) is 4.66. The first kappa shape index (κ1) is 8.06. The van der Waals surface area contributed by atoms with Crippen LogP contribution in [0.2, 0.25) is 0 Å². The van der Waals surface area contributed by atoms with Crippen molar-refractivity contribution in [1.82, 2.24) is 5.32 Å². The zero-order valence-electron chi connectivity index (χ0n) is 7.52. The topological polar surface area (TPSA) is 12.0 Å². The van der Waals surface area contributed by atoms with Crippen LogP contribution >= 0.6 is 0 Å². The third-order valence-corrected chi connectivity index (χ3v) is 2.85. The smallest absolute Gasteiger partial charge is 0.00668 e. The Morgan fingerprint density at radius 2 is 1.80 bits per heavy atom. The van der Waals surface area contributed by atoms with Gasteiger partial charge in [-0.2, -0.15) is 0 Å². The molecule has 1 fully saturated rings. The summed E-state index contributed by atoms with van der Waals surface area (Å²) in [5.74, 6) is 2.85. The Hall–Kier alpha value is -0.0400. The average Bonchev–Trinajstić information content (AvgIpc) is 2.64. The fourth-order valence-corrected chi connectivity index (χ4v) is 1.79. The highest BCUT2D eigenvalue weighted by molar-refractivity contribution is 4.93. The van der Waals surface area contributed by atoms with E-state index in [1.807, 2.05) is 0 Å². The molecular formula is C9H19N. The number of nitrogens with one attached hydrogen (secondary N) is 1. The SMILES string of the molecule is CNC(C)C1CC1C(C)C. The van der Waals surface area contributed by atoms with E-state index in [-0.39, 0.29) is 0 Å². The molecule has 3 atom stereocenters. The summed E-state index contributed by atoms with van der Waals surface area (Å²) in [4.78, 5) is 0. The summed E-state index contributed by atoms with van der Waals surface area (Å²) in [7, 11) is 2.06. The monoisotopic (exact) mass is 141 g/mol. The standard InChI is InChI=1S/C9H19N/c1-6(2)8-5-9(8)7(3)10-4/h6-10H,5H2,1-4H3. The van der Waals surface area contributed by atoms with Crippen LogP contribution in [0.5, 0.6) is 0 Å². The van der Waals surface area contributed by atoms with E-state index >= 15 is 0 Å². The van der Waals surface area contributed by atoms with Crippen molar-refractivity contribution in [3.05, 3.63) is 0 Å². The lowest BCUT2D eigenvalue weighted by molar-refractivity contribution is 0.450. The Kier molecular flexibility index (Phi) is 2.35. The lowest BCUT2D eigenvalue weighted by Crippen LogP contribution is -2.24. The summed E-state index contributed by atoms with van der Waals surface area (Å²) in [6.07, 6.45) is 1.44. The maximum absolute atomic E-state index is 3.31. The van der Waals surface area contributed by atoms with Crippen LogP contribution < -0.4 is 5.32 Å². The van der Waals surface area contributed by atoms with E-state index in [9.17, 15) is 0 Å². The molecule has 0 radical (unpaired) electrons. The van der Waals surface area contributed by atoms with Gasteiger partial charge < -0.3 is 5.32 Å². The summed E-state index contributed by atoms with van der Waals surface area (Å²) < 4.78 is 0. The van der Waals surface area contributed by atoms with Crippen LogP contribution in [-0.4, -0.2) is 13.1 Å². The van der Waals surface area contributed by atoms with E-state index in [1.165, 1.54) is 6.42 Å². The minimum atomic E-state index is 0.729. The molecule has 3 unspecified atom stereocenters. The van der Waals surface area contributed by atoms with E-state index in [1.54, 1.807) is 0 Å². The van der Waals surface area contributed by atoms with Crippen LogP contribution in [0.3, 0.4) is 0 Å². The summed E-state index contributed by atoms with van der Waals surface area (Å²) in [5, 5.41) is 3.31. The molecule has 0 aliphatic heterocycles. The van der Waals surface area contributed by atoms with Gasteiger partial charge in [0.15, 0.2) is 0 Å². The van der Waals surface area contributed by atoms with Gasteiger partial charge in [-0.3, -0.25) is 0 Å². The Bertz CT molecular complexity index is 109. The van der Waals surface area contributed by atoms with E-state index in [2.05, 4.69) is 33.1 Å². The fourth-order valence-electron chi connectivity index (χ4n) is 1.79. The van der Waals surface area contributed by atoms with Crippen molar-refractivity contribution >= 4 is 0 Å². The normalized spacial score (nSPS) is 34.5. The van der Waals surface area contributed by atoms with Crippen molar-refractivity contribution in [2.75, 3.05) is 7.05 Å².